The number of halogens is 1. The molecule has 0 spiro atoms. The molecule has 1 N–H and O–H groups in total. The van der Waals surface area contributed by atoms with Crippen LogP contribution >= 0.6 is 11.6 Å². The maximum absolute atomic E-state index is 13.4. The molecule has 12 nitrogen and oxygen atoms in total. The molecule has 0 bridgehead atoms. The molecule has 3 aromatic rings. The number of fused-ring (bicyclic) bond motifs is 1. The Morgan fingerprint density at radius 1 is 1.05 bits per heavy atom. The normalized spacial score (nSPS) is 17.0. The quantitative estimate of drug-likeness (QED) is 0.204. The van der Waals surface area contributed by atoms with Gasteiger partial charge in [0.25, 0.3) is 0 Å². The second kappa shape index (κ2) is 15.0. The molecule has 44 heavy (non-hydrogen) atoms. The molecule has 1 fully saturated rings. The van der Waals surface area contributed by atoms with Gasteiger partial charge in [-0.25, -0.2) is 18.4 Å². The van der Waals surface area contributed by atoms with E-state index >= 15 is 0 Å². The first-order valence-electron chi connectivity index (χ1n) is 15.2. The molecule has 0 radical (unpaired) electrons. The number of hydrogen-bond donors (Lipinski definition) is 1. The second-order valence-electron chi connectivity index (χ2n) is 11.1. The number of hydrogen-bond acceptors (Lipinski definition) is 9. The molecule has 4 heterocycles. The highest BCUT2D eigenvalue weighted by atomic mass is 35.5. The first-order chi connectivity index (χ1) is 21.3. The molecule has 1 unspecified atom stereocenters. The van der Waals surface area contributed by atoms with Gasteiger partial charge >= 0.3 is 0 Å². The largest absolute Gasteiger partial charge is 0.486 e. The van der Waals surface area contributed by atoms with Crippen LogP contribution in [0.15, 0.2) is 43.0 Å². The SMILES string of the molecule is CCCCCCCCS(=O)(=O)N1CCN(c2cc(Cl)nc(-n3ccnc3)n2)C(CC(=O)NCc2ccc3c(c2)OCCO3)C1. The van der Waals surface area contributed by atoms with Gasteiger partial charge in [0, 0.05) is 51.1 Å². The molecular formula is C30H40ClN7O5S. The lowest BCUT2D eigenvalue weighted by atomic mass is 10.1. The smallest absolute Gasteiger partial charge is 0.238 e. The molecule has 0 saturated carbocycles. The third kappa shape index (κ3) is 8.39. The monoisotopic (exact) mass is 645 g/mol. The summed E-state index contributed by atoms with van der Waals surface area (Å²) in [5.41, 5.74) is 0.874. The number of imidazole rings is 1. The minimum atomic E-state index is -3.49. The molecule has 2 aliphatic heterocycles. The summed E-state index contributed by atoms with van der Waals surface area (Å²) in [4.78, 5) is 28.3. The zero-order valence-electron chi connectivity index (χ0n) is 25.0. The molecule has 14 heteroatoms. The first-order valence-corrected chi connectivity index (χ1v) is 17.2. The van der Waals surface area contributed by atoms with Gasteiger partial charge in [-0.2, -0.15) is 9.29 Å². The van der Waals surface area contributed by atoms with Crippen molar-refractivity contribution in [2.75, 3.05) is 43.5 Å². The molecule has 1 aromatic carbocycles. The van der Waals surface area contributed by atoms with Crippen molar-refractivity contribution in [2.45, 2.75) is 64.5 Å². The van der Waals surface area contributed by atoms with Gasteiger partial charge in [0.2, 0.25) is 21.9 Å². The lowest BCUT2D eigenvalue weighted by Crippen LogP contribution is -2.56. The number of piperazine rings is 1. The van der Waals surface area contributed by atoms with Crippen LogP contribution in [-0.4, -0.2) is 82.8 Å². The molecular weight excluding hydrogens is 606 g/mol. The number of ether oxygens (including phenoxy) is 2. The van der Waals surface area contributed by atoms with Crippen LogP contribution in [-0.2, 0) is 21.4 Å². The van der Waals surface area contributed by atoms with E-state index in [9.17, 15) is 13.2 Å². The number of sulfonamides is 1. The molecule has 0 aliphatic carbocycles. The van der Waals surface area contributed by atoms with Crippen molar-refractivity contribution in [3.63, 3.8) is 0 Å². The van der Waals surface area contributed by atoms with E-state index in [1.807, 2.05) is 23.1 Å². The van der Waals surface area contributed by atoms with Crippen LogP contribution in [0.25, 0.3) is 5.95 Å². The number of anilines is 1. The van der Waals surface area contributed by atoms with Crippen LogP contribution in [0.2, 0.25) is 5.15 Å². The topological polar surface area (TPSA) is 132 Å². The van der Waals surface area contributed by atoms with Crippen molar-refractivity contribution in [2.24, 2.45) is 0 Å². The lowest BCUT2D eigenvalue weighted by Gasteiger charge is -2.41. The number of nitrogens with zero attached hydrogens (tertiary/aromatic N) is 6. The van der Waals surface area contributed by atoms with E-state index < -0.39 is 16.1 Å². The van der Waals surface area contributed by atoms with Crippen LogP contribution in [0, 0.1) is 0 Å². The summed E-state index contributed by atoms with van der Waals surface area (Å²) in [6, 6.07) is 6.76. The van der Waals surface area contributed by atoms with Crippen molar-refractivity contribution in [1.82, 2.24) is 29.1 Å². The van der Waals surface area contributed by atoms with Gasteiger partial charge < -0.3 is 19.7 Å². The number of carbonyl (C=O) groups is 1. The molecule has 2 aliphatic rings. The summed E-state index contributed by atoms with van der Waals surface area (Å²) in [5, 5.41) is 3.22. The Kier molecular flexibility index (Phi) is 10.9. The van der Waals surface area contributed by atoms with Crippen LogP contribution in [0.4, 0.5) is 5.82 Å². The van der Waals surface area contributed by atoms with Gasteiger partial charge in [-0.05, 0) is 24.1 Å². The fourth-order valence-electron chi connectivity index (χ4n) is 5.47. The number of nitrogens with one attached hydrogen (secondary N) is 1. The predicted molar refractivity (Wildman–Crippen MR) is 168 cm³/mol. The van der Waals surface area contributed by atoms with E-state index in [-0.39, 0.29) is 36.3 Å². The Morgan fingerprint density at radius 2 is 1.84 bits per heavy atom. The van der Waals surface area contributed by atoms with E-state index in [0.717, 1.165) is 31.2 Å². The lowest BCUT2D eigenvalue weighted by molar-refractivity contribution is -0.121. The number of benzene rings is 1. The first kappa shape index (κ1) is 32.0. The maximum atomic E-state index is 13.4. The Hall–Kier alpha value is -3.42. The second-order valence-corrected chi connectivity index (χ2v) is 13.5. The minimum absolute atomic E-state index is 0.0651. The van der Waals surface area contributed by atoms with E-state index in [0.29, 0.717) is 56.0 Å². The highest BCUT2D eigenvalue weighted by Crippen LogP contribution is 2.31. The van der Waals surface area contributed by atoms with Crippen LogP contribution in [0.3, 0.4) is 0 Å². The molecule has 1 amide bonds. The van der Waals surface area contributed by atoms with E-state index in [1.165, 1.54) is 10.7 Å². The van der Waals surface area contributed by atoms with E-state index in [4.69, 9.17) is 26.1 Å². The standard InChI is InChI=1S/C30H40ClN7O5S/c1-2-3-4-5-6-7-16-44(40,41)37-12-13-38(28-19-27(31)34-30(35-28)36-11-10-32-22-36)24(21-37)18-29(39)33-20-23-8-9-25-26(17-23)43-15-14-42-25/h8-11,17,19,22,24H,2-7,12-16,18,20-21H2,1H3,(H,33,39). The zero-order valence-corrected chi connectivity index (χ0v) is 26.6. The number of unbranched alkanes of at least 4 members (excludes halogenated alkanes) is 5. The fraction of sp³-hybridized carbons (Fsp3) is 0.533. The van der Waals surface area contributed by atoms with Crippen LogP contribution in [0.5, 0.6) is 11.5 Å². The third-order valence-corrected chi connectivity index (χ3v) is 9.93. The van der Waals surface area contributed by atoms with Gasteiger partial charge in [-0.3, -0.25) is 9.36 Å². The van der Waals surface area contributed by atoms with Crippen molar-refractivity contribution < 1.29 is 22.7 Å². The molecule has 5 rings (SSSR count). The average molecular weight is 646 g/mol. The predicted octanol–water partition coefficient (Wildman–Crippen LogP) is 3.97. The number of rotatable bonds is 14. The Balaban J connectivity index is 1.29. The average Bonchev–Trinajstić information content (AvgIpc) is 3.57. The summed E-state index contributed by atoms with van der Waals surface area (Å²) in [6.45, 7) is 4.25. The molecule has 238 valence electrons. The summed E-state index contributed by atoms with van der Waals surface area (Å²) >= 11 is 6.40. The summed E-state index contributed by atoms with van der Waals surface area (Å²) < 4.78 is 41.2. The number of aromatic nitrogens is 4. The molecule has 1 atom stereocenters. The minimum Gasteiger partial charge on any atom is -0.486 e. The van der Waals surface area contributed by atoms with E-state index in [2.05, 4.69) is 22.2 Å². The van der Waals surface area contributed by atoms with Crippen molar-refractivity contribution >= 4 is 33.3 Å². The van der Waals surface area contributed by atoms with Crippen molar-refractivity contribution in [3.8, 4) is 17.4 Å². The highest BCUT2D eigenvalue weighted by Gasteiger charge is 2.35. The fourth-order valence-corrected chi connectivity index (χ4v) is 7.23. The van der Waals surface area contributed by atoms with Gasteiger partial charge in [-0.1, -0.05) is 56.7 Å². The zero-order chi connectivity index (χ0) is 30.9. The Labute approximate surface area is 263 Å². The summed E-state index contributed by atoms with van der Waals surface area (Å²) in [7, 11) is -3.49. The summed E-state index contributed by atoms with van der Waals surface area (Å²) in [5.74, 6) is 2.09. The van der Waals surface area contributed by atoms with E-state index in [1.54, 1.807) is 29.4 Å². The molecule has 2 aromatic heterocycles. The number of amides is 1. The van der Waals surface area contributed by atoms with Crippen LogP contribution < -0.4 is 19.7 Å². The van der Waals surface area contributed by atoms with Crippen LogP contribution in [0.1, 0.15) is 57.4 Å². The van der Waals surface area contributed by atoms with Gasteiger partial charge in [0.1, 0.15) is 30.5 Å². The Bertz CT molecular complexity index is 1510. The maximum Gasteiger partial charge on any atom is 0.238 e. The van der Waals surface area contributed by atoms with Gasteiger partial charge in [0.05, 0.1) is 11.8 Å². The third-order valence-electron chi connectivity index (χ3n) is 7.81. The van der Waals surface area contributed by atoms with Crippen molar-refractivity contribution in [1.29, 1.82) is 0 Å². The van der Waals surface area contributed by atoms with Gasteiger partial charge in [0.15, 0.2) is 11.5 Å². The Morgan fingerprint density at radius 3 is 2.64 bits per heavy atom. The number of carbonyl (C=O) groups excluding carboxylic acids is 1. The molecule has 1 saturated heterocycles. The summed E-state index contributed by atoms with van der Waals surface area (Å²) in [6.07, 6.45) is 11.0. The van der Waals surface area contributed by atoms with Gasteiger partial charge in [-0.15, -0.1) is 0 Å². The highest BCUT2D eigenvalue weighted by molar-refractivity contribution is 7.89. The van der Waals surface area contributed by atoms with Crippen molar-refractivity contribution in [3.05, 3.63) is 53.7 Å².